The summed E-state index contributed by atoms with van der Waals surface area (Å²) in [4.78, 5) is 20.1. The topological polar surface area (TPSA) is 51.0 Å². The maximum atomic E-state index is 13.3. The van der Waals surface area contributed by atoms with Crippen LogP contribution in [0.25, 0.3) is 22.2 Å². The zero-order valence-corrected chi connectivity index (χ0v) is 16.5. The lowest BCUT2D eigenvalue weighted by atomic mass is 9.98. The molecular formula is C22H26N4O. The highest BCUT2D eigenvalue weighted by atomic mass is 16.2. The van der Waals surface area contributed by atoms with Gasteiger partial charge >= 0.3 is 0 Å². The van der Waals surface area contributed by atoms with Crippen LogP contribution in [0.1, 0.15) is 54.2 Å². The van der Waals surface area contributed by atoms with Crippen molar-refractivity contribution in [1.29, 1.82) is 0 Å². The van der Waals surface area contributed by atoms with E-state index in [9.17, 15) is 4.79 Å². The quantitative estimate of drug-likeness (QED) is 0.688. The molecule has 1 aromatic carbocycles. The van der Waals surface area contributed by atoms with Crippen molar-refractivity contribution < 1.29 is 4.79 Å². The molecule has 3 aromatic rings. The van der Waals surface area contributed by atoms with E-state index >= 15 is 0 Å². The first kappa shape index (κ1) is 17.7. The fourth-order valence-electron chi connectivity index (χ4n) is 3.91. The smallest absolute Gasteiger partial charge is 0.254 e. The fraction of sp³-hybridized carbons (Fsp3) is 0.409. The molecular weight excluding hydrogens is 336 g/mol. The van der Waals surface area contributed by atoms with Crippen LogP contribution in [-0.2, 0) is 0 Å². The van der Waals surface area contributed by atoms with Crippen LogP contribution in [0, 0.1) is 13.8 Å². The summed E-state index contributed by atoms with van der Waals surface area (Å²) in [6, 6.07) is 6.43. The van der Waals surface area contributed by atoms with Crippen LogP contribution < -0.4 is 0 Å². The first-order valence-electron chi connectivity index (χ1n) is 9.70. The van der Waals surface area contributed by atoms with Crippen molar-refractivity contribution in [2.75, 3.05) is 13.1 Å². The van der Waals surface area contributed by atoms with Crippen molar-refractivity contribution in [2.45, 2.75) is 46.6 Å². The third-order valence-corrected chi connectivity index (χ3v) is 5.30. The minimum Gasteiger partial charge on any atom is -0.339 e. The van der Waals surface area contributed by atoms with E-state index in [1.54, 1.807) is 0 Å². The summed E-state index contributed by atoms with van der Waals surface area (Å²) in [5.74, 6) is 0.115. The third-order valence-electron chi connectivity index (χ3n) is 5.30. The van der Waals surface area contributed by atoms with Gasteiger partial charge < -0.3 is 4.90 Å². The van der Waals surface area contributed by atoms with Gasteiger partial charge in [-0.05, 0) is 63.8 Å². The van der Waals surface area contributed by atoms with Gasteiger partial charge in [0.25, 0.3) is 5.91 Å². The summed E-state index contributed by atoms with van der Waals surface area (Å²) in [5.41, 5.74) is 5.64. The number of hydrogen-bond acceptors (Lipinski definition) is 3. The number of carbonyl (C=O) groups excluding carboxylic acids is 1. The largest absolute Gasteiger partial charge is 0.339 e. The first-order chi connectivity index (χ1) is 12.9. The summed E-state index contributed by atoms with van der Waals surface area (Å²) in [6.45, 7) is 10.0. The van der Waals surface area contributed by atoms with Crippen molar-refractivity contribution in [3.63, 3.8) is 0 Å². The lowest BCUT2D eigenvalue weighted by Gasteiger charge is -2.18. The summed E-state index contributed by atoms with van der Waals surface area (Å²) in [5, 5.41) is 5.41. The number of amides is 1. The Morgan fingerprint density at radius 1 is 1.11 bits per heavy atom. The molecule has 1 saturated heterocycles. The van der Waals surface area contributed by atoms with E-state index in [0.717, 1.165) is 64.8 Å². The number of hydrogen-bond donors (Lipinski definition) is 0. The predicted molar refractivity (Wildman–Crippen MR) is 108 cm³/mol. The molecule has 1 fully saturated rings. The Kier molecular flexibility index (Phi) is 4.46. The number of fused-ring (bicyclic) bond motifs is 1. The van der Waals surface area contributed by atoms with Gasteiger partial charge in [-0.25, -0.2) is 4.98 Å². The Morgan fingerprint density at radius 3 is 2.52 bits per heavy atom. The molecule has 27 heavy (non-hydrogen) atoms. The van der Waals surface area contributed by atoms with Crippen LogP contribution in [0.5, 0.6) is 0 Å². The van der Waals surface area contributed by atoms with Gasteiger partial charge in [0.2, 0.25) is 0 Å². The fourth-order valence-corrected chi connectivity index (χ4v) is 3.91. The Bertz CT molecular complexity index is 1010. The van der Waals surface area contributed by atoms with Crippen LogP contribution in [0.15, 0.2) is 30.6 Å². The summed E-state index contributed by atoms with van der Waals surface area (Å²) >= 11 is 0. The Hall–Kier alpha value is -2.69. The molecule has 0 aliphatic carbocycles. The molecule has 0 atom stereocenters. The Balaban J connectivity index is 1.91. The SMILES string of the molecule is Cc1cc(C)c2c(C(=O)N3CCCC3)cc(-c3cnn(C(C)C)c3)nc2c1. The standard InChI is InChI=1S/C22H26N4O/c1-14(2)26-13-17(12-23-26)19-11-18(22(27)25-7-5-6-8-25)21-16(4)9-15(3)10-20(21)24-19/h9-14H,5-8H2,1-4H3. The molecule has 4 rings (SSSR count). The van der Waals surface area contributed by atoms with E-state index < -0.39 is 0 Å². The number of nitrogens with zero attached hydrogens (tertiary/aromatic N) is 4. The van der Waals surface area contributed by atoms with Crippen LogP contribution in [0.3, 0.4) is 0 Å². The number of pyridine rings is 1. The van der Waals surface area contributed by atoms with Crippen LogP contribution in [0.2, 0.25) is 0 Å². The zero-order valence-electron chi connectivity index (χ0n) is 16.5. The molecule has 1 amide bonds. The number of aromatic nitrogens is 3. The average molecular weight is 362 g/mol. The number of carbonyl (C=O) groups is 1. The average Bonchev–Trinajstić information content (AvgIpc) is 3.31. The molecule has 0 saturated carbocycles. The summed E-state index contributed by atoms with van der Waals surface area (Å²) in [6.07, 6.45) is 6.01. The normalized spacial score (nSPS) is 14.5. The summed E-state index contributed by atoms with van der Waals surface area (Å²) in [7, 11) is 0. The highest BCUT2D eigenvalue weighted by Crippen LogP contribution is 2.30. The van der Waals surface area contributed by atoms with Crippen molar-refractivity contribution >= 4 is 16.8 Å². The second-order valence-corrected chi connectivity index (χ2v) is 7.83. The van der Waals surface area contributed by atoms with Gasteiger partial charge in [0.05, 0.1) is 23.0 Å². The predicted octanol–water partition coefficient (Wildman–Crippen LogP) is 4.53. The molecule has 5 heteroatoms. The number of rotatable bonds is 3. The van der Waals surface area contributed by atoms with Gasteiger partial charge in [-0.15, -0.1) is 0 Å². The van der Waals surface area contributed by atoms with Gasteiger partial charge in [0, 0.05) is 36.3 Å². The van der Waals surface area contributed by atoms with E-state index in [1.807, 2.05) is 28.0 Å². The van der Waals surface area contributed by atoms with Gasteiger partial charge in [-0.1, -0.05) is 6.07 Å². The second-order valence-electron chi connectivity index (χ2n) is 7.83. The molecule has 0 spiro atoms. The highest BCUT2D eigenvalue weighted by Gasteiger charge is 2.23. The van der Waals surface area contributed by atoms with Gasteiger partial charge in [0.1, 0.15) is 0 Å². The lowest BCUT2D eigenvalue weighted by molar-refractivity contribution is 0.0794. The van der Waals surface area contributed by atoms with Crippen LogP contribution >= 0.6 is 0 Å². The summed E-state index contributed by atoms with van der Waals surface area (Å²) < 4.78 is 1.92. The van der Waals surface area contributed by atoms with Gasteiger partial charge in [0.15, 0.2) is 0 Å². The molecule has 0 unspecified atom stereocenters. The van der Waals surface area contributed by atoms with E-state index in [0.29, 0.717) is 0 Å². The highest BCUT2D eigenvalue weighted by molar-refractivity contribution is 6.08. The molecule has 1 aliphatic rings. The monoisotopic (exact) mass is 362 g/mol. The van der Waals surface area contributed by atoms with E-state index in [2.05, 4.69) is 44.9 Å². The molecule has 140 valence electrons. The molecule has 0 radical (unpaired) electrons. The molecule has 0 bridgehead atoms. The second kappa shape index (κ2) is 6.80. The Morgan fingerprint density at radius 2 is 1.85 bits per heavy atom. The number of aryl methyl sites for hydroxylation is 2. The van der Waals surface area contributed by atoms with Gasteiger partial charge in [-0.3, -0.25) is 9.48 Å². The van der Waals surface area contributed by atoms with E-state index in [1.165, 1.54) is 0 Å². The maximum absolute atomic E-state index is 13.3. The van der Waals surface area contributed by atoms with Crippen molar-refractivity contribution in [2.24, 2.45) is 0 Å². The number of likely N-dealkylation sites (tertiary alicyclic amines) is 1. The van der Waals surface area contributed by atoms with Crippen molar-refractivity contribution in [1.82, 2.24) is 19.7 Å². The number of benzene rings is 1. The van der Waals surface area contributed by atoms with Gasteiger partial charge in [-0.2, -0.15) is 5.10 Å². The van der Waals surface area contributed by atoms with Crippen LogP contribution in [-0.4, -0.2) is 38.7 Å². The Labute approximate surface area is 160 Å². The maximum Gasteiger partial charge on any atom is 0.254 e. The molecule has 5 nitrogen and oxygen atoms in total. The van der Waals surface area contributed by atoms with E-state index in [-0.39, 0.29) is 11.9 Å². The molecule has 3 heterocycles. The zero-order chi connectivity index (χ0) is 19.1. The lowest BCUT2D eigenvalue weighted by Crippen LogP contribution is -2.28. The van der Waals surface area contributed by atoms with E-state index in [4.69, 9.17) is 4.98 Å². The van der Waals surface area contributed by atoms with Crippen molar-refractivity contribution in [3.8, 4) is 11.3 Å². The molecule has 1 aliphatic heterocycles. The first-order valence-corrected chi connectivity index (χ1v) is 9.70. The van der Waals surface area contributed by atoms with Crippen molar-refractivity contribution in [3.05, 3.63) is 47.3 Å². The minimum atomic E-state index is 0.115. The molecule has 2 aromatic heterocycles. The van der Waals surface area contributed by atoms with Crippen LogP contribution in [0.4, 0.5) is 0 Å². The third kappa shape index (κ3) is 3.22. The molecule has 0 N–H and O–H groups in total. The minimum absolute atomic E-state index is 0.115.